The highest BCUT2D eigenvalue weighted by atomic mass is 14.3. The number of hydrogen-bond acceptors (Lipinski definition) is 0. The van der Waals surface area contributed by atoms with Gasteiger partial charge in [-0.2, -0.15) is 0 Å². The van der Waals surface area contributed by atoms with Crippen LogP contribution in [0.3, 0.4) is 0 Å². The normalized spacial score (nSPS) is 18.2. The zero-order valence-corrected chi connectivity index (χ0v) is 12.8. The summed E-state index contributed by atoms with van der Waals surface area (Å²) < 4.78 is 0. The lowest BCUT2D eigenvalue weighted by atomic mass is 9.69. The molecule has 2 rings (SSSR count). The van der Waals surface area contributed by atoms with Crippen molar-refractivity contribution in [3.63, 3.8) is 0 Å². The van der Waals surface area contributed by atoms with Crippen LogP contribution >= 0.6 is 0 Å². The van der Waals surface area contributed by atoms with Crippen molar-refractivity contribution in [3.05, 3.63) is 41.5 Å². The third kappa shape index (κ3) is 3.49. The maximum atomic E-state index is 2.53. The smallest absolute Gasteiger partial charge is 0.0228 e. The van der Waals surface area contributed by atoms with Crippen LogP contribution in [0.2, 0.25) is 0 Å². The minimum absolute atomic E-state index is 0.609. The Labute approximate surface area is 118 Å². The van der Waals surface area contributed by atoms with E-state index in [2.05, 4.69) is 51.1 Å². The van der Waals surface area contributed by atoms with Gasteiger partial charge in [0.25, 0.3) is 0 Å². The topological polar surface area (TPSA) is 0 Å². The molecule has 0 heteroatoms. The van der Waals surface area contributed by atoms with Crippen LogP contribution in [-0.2, 0) is 0 Å². The van der Waals surface area contributed by atoms with Gasteiger partial charge in [0, 0.05) is 0 Å². The van der Waals surface area contributed by atoms with Crippen molar-refractivity contribution < 1.29 is 0 Å². The summed E-state index contributed by atoms with van der Waals surface area (Å²) in [5.41, 5.74) is 4.97. The van der Waals surface area contributed by atoms with Gasteiger partial charge in [0.15, 0.2) is 0 Å². The molecular formula is C19H28. The molecular weight excluding hydrogens is 228 g/mol. The Balaban J connectivity index is 2.11. The summed E-state index contributed by atoms with van der Waals surface area (Å²) in [6.07, 6.45) is 11.9. The molecule has 0 heterocycles. The molecule has 0 aromatic heterocycles. The molecule has 1 aromatic carbocycles. The maximum Gasteiger partial charge on any atom is -0.0228 e. The molecule has 1 aliphatic rings. The van der Waals surface area contributed by atoms with Gasteiger partial charge in [-0.05, 0) is 55.6 Å². The number of aryl methyl sites for hydroxylation is 1. The third-order valence-electron chi connectivity index (χ3n) is 4.69. The lowest BCUT2D eigenvalue weighted by Gasteiger charge is -2.36. The van der Waals surface area contributed by atoms with Crippen LogP contribution in [0.15, 0.2) is 30.3 Å². The second-order valence-electron chi connectivity index (χ2n) is 6.30. The molecule has 0 radical (unpaired) electrons. The number of allylic oxidation sites excluding steroid dienone is 2. The lowest BCUT2D eigenvalue weighted by molar-refractivity contribution is 0.213. The van der Waals surface area contributed by atoms with Crippen molar-refractivity contribution in [2.75, 3.05) is 0 Å². The molecule has 0 aliphatic heterocycles. The van der Waals surface area contributed by atoms with Crippen LogP contribution in [0.5, 0.6) is 0 Å². The Kier molecular flexibility index (Phi) is 4.85. The second-order valence-corrected chi connectivity index (χ2v) is 6.30. The van der Waals surface area contributed by atoms with Gasteiger partial charge in [-0.25, -0.2) is 0 Å². The molecule has 0 fully saturated rings. The second kappa shape index (κ2) is 6.41. The summed E-state index contributed by atoms with van der Waals surface area (Å²) in [6.45, 7) is 6.82. The Hall–Kier alpha value is -1.04. The van der Waals surface area contributed by atoms with E-state index in [0.717, 1.165) is 0 Å². The zero-order valence-electron chi connectivity index (χ0n) is 12.8. The zero-order chi connectivity index (χ0) is 13.7. The molecule has 0 bridgehead atoms. The Morgan fingerprint density at radius 2 is 1.63 bits per heavy atom. The van der Waals surface area contributed by atoms with Crippen LogP contribution in [-0.4, -0.2) is 0 Å². The van der Waals surface area contributed by atoms with Gasteiger partial charge < -0.3 is 0 Å². The summed E-state index contributed by atoms with van der Waals surface area (Å²) >= 11 is 0. The Morgan fingerprint density at radius 3 is 2.11 bits per heavy atom. The van der Waals surface area contributed by atoms with E-state index in [-0.39, 0.29) is 0 Å². The molecule has 0 nitrogen and oxygen atoms in total. The first-order valence-electron chi connectivity index (χ1n) is 7.95. The molecule has 0 saturated heterocycles. The lowest BCUT2D eigenvalue weighted by Crippen LogP contribution is -2.22. The fraction of sp³-hybridized carbons (Fsp3) is 0.579. The van der Waals surface area contributed by atoms with Gasteiger partial charge in [0.05, 0.1) is 0 Å². The molecule has 1 aliphatic carbocycles. The first kappa shape index (κ1) is 14.4. The van der Waals surface area contributed by atoms with E-state index >= 15 is 0 Å². The van der Waals surface area contributed by atoms with E-state index in [1.807, 2.05) is 0 Å². The highest BCUT2D eigenvalue weighted by Gasteiger charge is 2.30. The number of rotatable bonds is 5. The largest absolute Gasteiger partial charge is 0.0802 e. The van der Waals surface area contributed by atoms with Crippen LogP contribution < -0.4 is 0 Å². The molecule has 0 atom stereocenters. The summed E-state index contributed by atoms with van der Waals surface area (Å²) in [5.74, 6) is 0. The summed E-state index contributed by atoms with van der Waals surface area (Å²) in [5, 5.41) is 0. The van der Waals surface area contributed by atoms with Crippen molar-refractivity contribution in [2.45, 2.75) is 65.7 Å². The predicted octanol–water partition coefficient (Wildman–Crippen LogP) is 6.15. The van der Waals surface area contributed by atoms with E-state index in [4.69, 9.17) is 0 Å². The predicted molar refractivity (Wildman–Crippen MR) is 85.3 cm³/mol. The fourth-order valence-corrected chi connectivity index (χ4v) is 3.61. The van der Waals surface area contributed by atoms with Crippen LogP contribution in [0.4, 0.5) is 0 Å². The molecule has 0 unspecified atom stereocenters. The third-order valence-corrected chi connectivity index (χ3v) is 4.69. The first-order chi connectivity index (χ1) is 9.19. The average Bonchev–Trinajstić information content (AvgIpc) is 2.41. The molecule has 0 N–H and O–H groups in total. The molecule has 1 aromatic rings. The van der Waals surface area contributed by atoms with Gasteiger partial charge in [-0.15, -0.1) is 0 Å². The summed E-state index contributed by atoms with van der Waals surface area (Å²) in [4.78, 5) is 0. The van der Waals surface area contributed by atoms with Crippen LogP contribution in [0.25, 0.3) is 5.57 Å². The van der Waals surface area contributed by atoms with E-state index in [1.165, 1.54) is 56.1 Å². The van der Waals surface area contributed by atoms with Crippen LogP contribution in [0, 0.1) is 12.3 Å². The highest BCUT2D eigenvalue weighted by molar-refractivity contribution is 5.66. The minimum Gasteiger partial charge on any atom is -0.0802 e. The molecule has 0 saturated carbocycles. The molecule has 19 heavy (non-hydrogen) atoms. The van der Waals surface area contributed by atoms with Crippen LogP contribution in [0.1, 0.15) is 69.9 Å². The Morgan fingerprint density at radius 1 is 1.00 bits per heavy atom. The van der Waals surface area contributed by atoms with Gasteiger partial charge in [-0.1, -0.05) is 62.6 Å². The van der Waals surface area contributed by atoms with E-state index < -0.39 is 0 Å². The van der Waals surface area contributed by atoms with E-state index in [1.54, 1.807) is 5.57 Å². The first-order valence-corrected chi connectivity index (χ1v) is 7.95. The summed E-state index contributed by atoms with van der Waals surface area (Å²) in [6, 6.07) is 9.04. The van der Waals surface area contributed by atoms with Crippen molar-refractivity contribution >= 4 is 5.57 Å². The average molecular weight is 256 g/mol. The van der Waals surface area contributed by atoms with E-state index in [9.17, 15) is 0 Å². The number of benzene rings is 1. The van der Waals surface area contributed by atoms with Crippen molar-refractivity contribution in [3.8, 4) is 0 Å². The van der Waals surface area contributed by atoms with Crippen molar-refractivity contribution in [1.29, 1.82) is 0 Å². The van der Waals surface area contributed by atoms with E-state index in [0.29, 0.717) is 5.41 Å². The van der Waals surface area contributed by atoms with Gasteiger partial charge in [-0.3, -0.25) is 0 Å². The maximum absolute atomic E-state index is 2.53. The quantitative estimate of drug-likeness (QED) is 0.592. The molecule has 0 amide bonds. The van der Waals surface area contributed by atoms with Gasteiger partial charge in [0.1, 0.15) is 0 Å². The molecule has 104 valence electrons. The number of hydrogen-bond donors (Lipinski definition) is 0. The van der Waals surface area contributed by atoms with Crippen molar-refractivity contribution in [1.82, 2.24) is 0 Å². The SMILES string of the molecule is CCCC1(CCC)CC=C(c2ccc(C)cc2)CC1. The molecule has 0 spiro atoms. The fourth-order valence-electron chi connectivity index (χ4n) is 3.61. The Bertz CT molecular complexity index is 416. The highest BCUT2D eigenvalue weighted by Crippen LogP contribution is 2.45. The van der Waals surface area contributed by atoms with Gasteiger partial charge in [0.2, 0.25) is 0 Å². The standard InChI is InChI=1S/C19H28/c1-4-12-19(13-5-2)14-10-18(11-15-19)17-8-6-16(3)7-9-17/h6-10H,4-5,11-15H2,1-3H3. The van der Waals surface area contributed by atoms with Crippen molar-refractivity contribution in [2.24, 2.45) is 5.41 Å². The van der Waals surface area contributed by atoms with Gasteiger partial charge >= 0.3 is 0 Å². The minimum atomic E-state index is 0.609. The monoisotopic (exact) mass is 256 g/mol. The summed E-state index contributed by atoms with van der Waals surface area (Å²) in [7, 11) is 0.